The normalized spacial score (nSPS) is 10.6. The van der Waals surface area contributed by atoms with E-state index in [0.29, 0.717) is 15.8 Å². The third-order valence-corrected chi connectivity index (χ3v) is 5.18. The molecule has 1 aromatic carbocycles. The van der Waals surface area contributed by atoms with E-state index in [-0.39, 0.29) is 17.9 Å². The van der Waals surface area contributed by atoms with Gasteiger partial charge in [0, 0.05) is 10.9 Å². The van der Waals surface area contributed by atoms with Crippen LogP contribution in [-0.2, 0) is 6.54 Å². The van der Waals surface area contributed by atoms with E-state index in [2.05, 4.69) is 5.32 Å². The minimum absolute atomic E-state index is 0.0582. The van der Waals surface area contributed by atoms with Crippen molar-refractivity contribution in [1.82, 2.24) is 5.32 Å². The van der Waals surface area contributed by atoms with Gasteiger partial charge in [0.15, 0.2) is 0 Å². The fourth-order valence-electron chi connectivity index (χ4n) is 2.06. The number of carbonyl (C=O) groups is 2. The second-order valence-electron chi connectivity index (χ2n) is 4.88. The molecule has 0 bridgehead atoms. The van der Waals surface area contributed by atoms with Gasteiger partial charge in [-0.25, -0.2) is 8.78 Å². The number of nitrogens with one attached hydrogen (secondary N) is 1. The lowest BCUT2D eigenvalue weighted by Gasteiger charge is -2.04. The number of hydrogen-bond donors (Lipinski definition) is 1. The molecule has 0 unspecified atom stereocenters. The van der Waals surface area contributed by atoms with Crippen LogP contribution in [0, 0.1) is 11.6 Å². The van der Waals surface area contributed by atoms with E-state index in [4.69, 9.17) is 0 Å². The molecule has 0 saturated heterocycles. The first-order chi connectivity index (χ1) is 11.5. The number of thiophene rings is 2. The van der Waals surface area contributed by atoms with Gasteiger partial charge in [-0.15, -0.1) is 22.7 Å². The van der Waals surface area contributed by atoms with E-state index >= 15 is 0 Å². The van der Waals surface area contributed by atoms with Crippen molar-refractivity contribution in [2.24, 2.45) is 0 Å². The van der Waals surface area contributed by atoms with Gasteiger partial charge in [0.05, 0.1) is 21.9 Å². The molecule has 0 atom stereocenters. The first-order valence-electron chi connectivity index (χ1n) is 6.95. The smallest absolute Gasteiger partial charge is 0.254 e. The van der Waals surface area contributed by atoms with Crippen molar-refractivity contribution < 1.29 is 18.4 Å². The second kappa shape index (κ2) is 7.02. The Morgan fingerprint density at radius 2 is 1.88 bits per heavy atom. The number of hydrogen-bond acceptors (Lipinski definition) is 4. The molecule has 3 rings (SSSR count). The molecule has 1 amide bonds. The predicted octanol–water partition coefficient (Wildman–Crippen LogP) is 4.25. The summed E-state index contributed by atoms with van der Waals surface area (Å²) in [4.78, 5) is 26.1. The van der Waals surface area contributed by atoms with E-state index in [0.717, 1.165) is 17.0 Å². The molecule has 3 aromatic rings. The third-order valence-electron chi connectivity index (χ3n) is 3.23. The highest BCUT2D eigenvalue weighted by Crippen LogP contribution is 2.22. The van der Waals surface area contributed by atoms with Gasteiger partial charge >= 0.3 is 0 Å². The highest BCUT2D eigenvalue weighted by atomic mass is 32.1. The summed E-state index contributed by atoms with van der Waals surface area (Å²) < 4.78 is 26.4. The second-order valence-corrected chi connectivity index (χ2v) is 7.00. The molecule has 0 aliphatic carbocycles. The zero-order chi connectivity index (χ0) is 17.1. The summed E-state index contributed by atoms with van der Waals surface area (Å²) in [6, 6.07) is 9.80. The molecule has 0 aliphatic rings. The lowest BCUT2D eigenvalue weighted by molar-refractivity contribution is 0.0946. The van der Waals surface area contributed by atoms with E-state index in [9.17, 15) is 18.4 Å². The molecule has 0 radical (unpaired) electrons. The van der Waals surface area contributed by atoms with E-state index < -0.39 is 17.5 Å². The molecule has 3 nitrogen and oxygen atoms in total. The molecule has 0 fully saturated rings. The fraction of sp³-hybridized carbons (Fsp3) is 0.0588. The van der Waals surface area contributed by atoms with E-state index in [1.807, 2.05) is 11.4 Å². The Balaban J connectivity index is 1.65. The van der Waals surface area contributed by atoms with Gasteiger partial charge in [0.1, 0.15) is 11.6 Å². The zero-order valence-corrected chi connectivity index (χ0v) is 13.8. The quantitative estimate of drug-likeness (QED) is 0.689. The Hall–Kier alpha value is -2.38. The Bertz CT molecular complexity index is 888. The van der Waals surface area contributed by atoms with Crippen molar-refractivity contribution >= 4 is 34.4 Å². The largest absolute Gasteiger partial charge is 0.347 e. The first-order valence-corrected chi connectivity index (χ1v) is 8.64. The Kier molecular flexibility index (Phi) is 4.82. The Labute approximate surface area is 144 Å². The fourth-order valence-corrected chi connectivity index (χ4v) is 3.70. The Morgan fingerprint density at radius 1 is 1.04 bits per heavy atom. The Morgan fingerprint density at radius 3 is 2.58 bits per heavy atom. The number of benzene rings is 1. The van der Waals surface area contributed by atoms with Gasteiger partial charge in [0.2, 0.25) is 5.78 Å². The van der Waals surface area contributed by atoms with Crippen LogP contribution in [0.25, 0.3) is 0 Å². The van der Waals surface area contributed by atoms with Crippen molar-refractivity contribution in [3.63, 3.8) is 0 Å². The summed E-state index contributed by atoms with van der Waals surface area (Å²) in [6.45, 7) is 0.165. The summed E-state index contributed by atoms with van der Waals surface area (Å²) >= 11 is 2.64. The van der Waals surface area contributed by atoms with Crippen LogP contribution in [0.3, 0.4) is 0 Å². The van der Waals surface area contributed by atoms with Crippen LogP contribution < -0.4 is 5.32 Å². The molecule has 0 aliphatic heterocycles. The number of amides is 1. The van der Waals surface area contributed by atoms with Crippen LogP contribution in [-0.4, -0.2) is 11.7 Å². The highest BCUT2D eigenvalue weighted by molar-refractivity contribution is 7.16. The molecule has 2 heterocycles. The van der Waals surface area contributed by atoms with Gasteiger partial charge in [-0.1, -0.05) is 6.07 Å². The summed E-state index contributed by atoms with van der Waals surface area (Å²) in [5.41, 5.74) is -0.220. The standard InChI is InChI=1S/C17H11F2NO2S2/c18-10-3-5-12(13(19)8-10)17(22)20-9-11-4-6-15(24-11)16(21)14-2-1-7-23-14/h1-8H,9H2,(H,20,22). The minimum atomic E-state index is -0.910. The molecule has 7 heteroatoms. The lowest BCUT2D eigenvalue weighted by Crippen LogP contribution is -2.23. The van der Waals surface area contributed by atoms with Crippen LogP contribution in [0.15, 0.2) is 47.8 Å². The maximum atomic E-state index is 13.6. The average molecular weight is 363 g/mol. The van der Waals surface area contributed by atoms with E-state index in [1.165, 1.54) is 22.7 Å². The summed E-state index contributed by atoms with van der Waals surface area (Å²) in [5.74, 6) is -2.34. The minimum Gasteiger partial charge on any atom is -0.347 e. The van der Waals surface area contributed by atoms with Crippen molar-refractivity contribution in [3.05, 3.63) is 79.7 Å². The maximum Gasteiger partial charge on any atom is 0.254 e. The average Bonchev–Trinajstić information content (AvgIpc) is 3.24. The topological polar surface area (TPSA) is 46.2 Å². The van der Waals surface area contributed by atoms with Crippen molar-refractivity contribution in [2.45, 2.75) is 6.54 Å². The van der Waals surface area contributed by atoms with Crippen molar-refractivity contribution in [1.29, 1.82) is 0 Å². The van der Waals surface area contributed by atoms with Crippen molar-refractivity contribution in [3.8, 4) is 0 Å². The first kappa shape index (κ1) is 16.5. The molecular formula is C17H11F2NO2S2. The molecule has 122 valence electrons. The van der Waals surface area contributed by atoms with Crippen LogP contribution in [0.1, 0.15) is 29.8 Å². The van der Waals surface area contributed by atoms with Gasteiger partial charge in [-0.2, -0.15) is 0 Å². The zero-order valence-electron chi connectivity index (χ0n) is 12.2. The molecular weight excluding hydrogens is 352 g/mol. The van der Waals surface area contributed by atoms with Gasteiger partial charge in [-0.3, -0.25) is 9.59 Å². The monoisotopic (exact) mass is 363 g/mol. The third kappa shape index (κ3) is 3.58. The molecule has 0 spiro atoms. The maximum absolute atomic E-state index is 13.6. The number of carbonyl (C=O) groups excluding carboxylic acids is 2. The van der Waals surface area contributed by atoms with Gasteiger partial charge in [0.25, 0.3) is 5.91 Å². The molecule has 2 aromatic heterocycles. The summed E-state index contributed by atoms with van der Waals surface area (Å²) in [6.07, 6.45) is 0. The highest BCUT2D eigenvalue weighted by Gasteiger charge is 2.15. The molecule has 0 saturated carbocycles. The van der Waals surface area contributed by atoms with Crippen LogP contribution in [0.5, 0.6) is 0 Å². The summed E-state index contributed by atoms with van der Waals surface area (Å²) in [7, 11) is 0. The van der Waals surface area contributed by atoms with E-state index in [1.54, 1.807) is 18.2 Å². The van der Waals surface area contributed by atoms with Gasteiger partial charge in [-0.05, 0) is 35.7 Å². The number of halogens is 2. The lowest BCUT2D eigenvalue weighted by atomic mass is 10.2. The van der Waals surface area contributed by atoms with Crippen molar-refractivity contribution in [2.75, 3.05) is 0 Å². The number of rotatable bonds is 5. The van der Waals surface area contributed by atoms with Crippen LogP contribution >= 0.6 is 22.7 Å². The molecule has 1 N–H and O–H groups in total. The van der Waals surface area contributed by atoms with Crippen LogP contribution in [0.4, 0.5) is 8.78 Å². The SMILES string of the molecule is O=C(c1cccs1)c1ccc(CNC(=O)c2ccc(F)cc2F)s1. The number of ketones is 1. The van der Waals surface area contributed by atoms with Gasteiger partial charge < -0.3 is 5.32 Å². The molecule has 24 heavy (non-hydrogen) atoms. The van der Waals surface area contributed by atoms with Crippen LogP contribution in [0.2, 0.25) is 0 Å². The predicted molar refractivity (Wildman–Crippen MR) is 89.6 cm³/mol. The summed E-state index contributed by atoms with van der Waals surface area (Å²) in [5, 5.41) is 4.40.